The van der Waals surface area contributed by atoms with Gasteiger partial charge in [-0.3, -0.25) is 4.99 Å². The van der Waals surface area contributed by atoms with Crippen molar-refractivity contribution in [2.45, 2.75) is 12.3 Å². The topological polar surface area (TPSA) is 21.6 Å². The first-order valence-electron chi connectivity index (χ1n) is 5.81. The van der Waals surface area contributed by atoms with Crippen LogP contribution in [0.15, 0.2) is 59.6 Å². The fourth-order valence-corrected chi connectivity index (χ4v) is 2.59. The normalized spacial score (nSPS) is 24.6. The average Bonchev–Trinajstić information content (AvgIpc) is 2.99. The van der Waals surface area contributed by atoms with Crippen LogP contribution >= 0.6 is 0 Å². The van der Waals surface area contributed by atoms with Crippen molar-refractivity contribution in [1.29, 1.82) is 0 Å². The molecule has 0 radical (unpaired) electrons. The van der Waals surface area contributed by atoms with Crippen LogP contribution in [-0.2, 0) is 4.74 Å². The van der Waals surface area contributed by atoms with Gasteiger partial charge < -0.3 is 4.74 Å². The predicted octanol–water partition coefficient (Wildman–Crippen LogP) is 3.26. The van der Waals surface area contributed by atoms with Gasteiger partial charge in [0, 0.05) is 5.56 Å². The molecule has 17 heavy (non-hydrogen) atoms. The zero-order valence-corrected chi connectivity index (χ0v) is 9.21. The molecule has 2 aromatic rings. The van der Waals surface area contributed by atoms with E-state index in [2.05, 4.69) is 35.3 Å². The Labute approximate surface area is 99.6 Å². The van der Waals surface area contributed by atoms with Gasteiger partial charge in [0.05, 0.1) is 5.71 Å². The quantitative estimate of drug-likeness (QED) is 0.724. The number of fused-ring (bicyclic) bond motifs is 5. The van der Waals surface area contributed by atoms with E-state index in [-0.39, 0.29) is 12.3 Å². The van der Waals surface area contributed by atoms with E-state index in [1.54, 1.807) is 0 Å². The van der Waals surface area contributed by atoms with Crippen molar-refractivity contribution in [2.75, 3.05) is 0 Å². The Morgan fingerprint density at radius 2 is 1.53 bits per heavy atom. The molecule has 0 aliphatic carbocycles. The molecule has 2 atom stereocenters. The zero-order valence-electron chi connectivity index (χ0n) is 9.21. The molecule has 2 aliphatic heterocycles. The zero-order chi connectivity index (χ0) is 11.2. The second kappa shape index (κ2) is 3.28. The summed E-state index contributed by atoms with van der Waals surface area (Å²) in [6.45, 7) is 0. The van der Waals surface area contributed by atoms with Crippen LogP contribution in [0.25, 0.3) is 0 Å². The molecule has 82 valence electrons. The molecule has 0 saturated heterocycles. The summed E-state index contributed by atoms with van der Waals surface area (Å²) in [6, 6.07) is 18.6. The van der Waals surface area contributed by atoms with Crippen LogP contribution in [0.4, 0.5) is 0 Å². The van der Waals surface area contributed by atoms with Gasteiger partial charge in [0.15, 0.2) is 6.23 Å². The van der Waals surface area contributed by atoms with Crippen molar-refractivity contribution in [1.82, 2.24) is 0 Å². The number of benzene rings is 2. The summed E-state index contributed by atoms with van der Waals surface area (Å²) in [7, 11) is 0. The first-order chi connectivity index (χ1) is 8.43. The van der Waals surface area contributed by atoms with Crippen LogP contribution in [0.5, 0.6) is 0 Å². The molecule has 0 fully saturated rings. The molecule has 2 aromatic carbocycles. The lowest BCUT2D eigenvalue weighted by molar-refractivity contribution is 0.0769. The van der Waals surface area contributed by atoms with Gasteiger partial charge in [-0.15, -0.1) is 0 Å². The molecule has 2 heterocycles. The van der Waals surface area contributed by atoms with E-state index in [9.17, 15) is 0 Å². The Bertz CT molecular complexity index is 603. The second-order valence-corrected chi connectivity index (χ2v) is 4.38. The van der Waals surface area contributed by atoms with Gasteiger partial charge >= 0.3 is 0 Å². The molecular weight excluding hydrogens is 210 g/mol. The summed E-state index contributed by atoms with van der Waals surface area (Å²) >= 11 is 0. The smallest absolute Gasteiger partial charge is 0.176 e. The minimum Gasteiger partial charge on any atom is -0.338 e. The Morgan fingerprint density at radius 1 is 0.824 bits per heavy atom. The highest BCUT2D eigenvalue weighted by Crippen LogP contribution is 2.47. The molecule has 2 aliphatic rings. The van der Waals surface area contributed by atoms with Crippen molar-refractivity contribution in [3.8, 4) is 0 Å². The van der Waals surface area contributed by atoms with Gasteiger partial charge in [-0.2, -0.15) is 0 Å². The third kappa shape index (κ3) is 1.22. The van der Waals surface area contributed by atoms with Crippen LogP contribution < -0.4 is 0 Å². The summed E-state index contributed by atoms with van der Waals surface area (Å²) in [5.74, 6) is 0. The highest BCUT2D eigenvalue weighted by Gasteiger charge is 2.40. The number of ether oxygens (including phenoxy) is 1. The van der Waals surface area contributed by atoms with Gasteiger partial charge in [0.2, 0.25) is 0 Å². The Morgan fingerprint density at radius 3 is 2.35 bits per heavy atom. The summed E-state index contributed by atoms with van der Waals surface area (Å²) in [4.78, 5) is 4.66. The van der Waals surface area contributed by atoms with Gasteiger partial charge in [0.1, 0.15) is 6.10 Å². The number of aliphatic imine (C=N–C) groups is 1. The molecule has 0 unspecified atom stereocenters. The number of hydrogen-bond acceptors (Lipinski definition) is 2. The van der Waals surface area contributed by atoms with Crippen molar-refractivity contribution in [3.63, 3.8) is 0 Å². The Hall–Kier alpha value is -1.93. The van der Waals surface area contributed by atoms with E-state index in [0.717, 1.165) is 11.3 Å². The molecular formula is C15H11NO. The fraction of sp³-hybridized carbons (Fsp3) is 0.133. The van der Waals surface area contributed by atoms with E-state index in [1.807, 2.05) is 24.3 Å². The number of hydrogen-bond donors (Lipinski definition) is 0. The molecule has 0 amide bonds. The summed E-state index contributed by atoms with van der Waals surface area (Å²) < 4.78 is 5.91. The minimum absolute atomic E-state index is 0.0265. The van der Waals surface area contributed by atoms with Crippen LogP contribution in [0.2, 0.25) is 0 Å². The predicted molar refractivity (Wildman–Crippen MR) is 66.0 cm³/mol. The van der Waals surface area contributed by atoms with Gasteiger partial charge in [0.25, 0.3) is 0 Å². The van der Waals surface area contributed by atoms with Crippen LogP contribution in [0.1, 0.15) is 29.0 Å². The third-order valence-corrected chi connectivity index (χ3v) is 3.38. The summed E-state index contributed by atoms with van der Waals surface area (Å²) in [6.07, 6.45) is -0.0648. The molecule has 2 heteroatoms. The first-order valence-corrected chi connectivity index (χ1v) is 5.81. The van der Waals surface area contributed by atoms with Gasteiger partial charge in [-0.25, -0.2) is 0 Å². The molecule has 2 nitrogen and oxygen atoms in total. The standard InChI is InChI=1S/C15H11NO/c1-2-6-10(7-3-1)13-14-11-8-4-5-9-12(11)15(16-13)17-14/h1-9,14-15H/t14-,15+/m0/s1. The maximum atomic E-state index is 5.91. The molecule has 0 saturated carbocycles. The van der Waals surface area contributed by atoms with Crippen LogP contribution in [0.3, 0.4) is 0 Å². The average molecular weight is 221 g/mol. The summed E-state index contributed by atoms with van der Waals surface area (Å²) in [5.41, 5.74) is 4.72. The van der Waals surface area contributed by atoms with Crippen LogP contribution in [-0.4, -0.2) is 5.71 Å². The Kier molecular flexibility index (Phi) is 1.76. The highest BCUT2D eigenvalue weighted by atomic mass is 16.5. The van der Waals surface area contributed by atoms with E-state index in [0.29, 0.717) is 0 Å². The molecule has 0 N–H and O–H groups in total. The van der Waals surface area contributed by atoms with Crippen molar-refractivity contribution in [3.05, 3.63) is 71.3 Å². The van der Waals surface area contributed by atoms with E-state index in [4.69, 9.17) is 4.74 Å². The number of rotatable bonds is 1. The summed E-state index contributed by atoms with van der Waals surface area (Å²) in [5, 5.41) is 0. The number of nitrogens with zero attached hydrogens (tertiary/aromatic N) is 1. The third-order valence-electron chi connectivity index (χ3n) is 3.38. The Balaban J connectivity index is 1.83. The maximum Gasteiger partial charge on any atom is 0.176 e. The molecule has 0 aromatic heterocycles. The first kappa shape index (κ1) is 9.14. The minimum atomic E-state index is -0.0913. The van der Waals surface area contributed by atoms with Crippen LogP contribution in [0, 0.1) is 0 Å². The monoisotopic (exact) mass is 221 g/mol. The van der Waals surface area contributed by atoms with Crippen molar-refractivity contribution >= 4 is 5.71 Å². The van der Waals surface area contributed by atoms with E-state index < -0.39 is 0 Å². The van der Waals surface area contributed by atoms with Crippen molar-refractivity contribution in [2.24, 2.45) is 4.99 Å². The lowest BCUT2D eigenvalue weighted by Crippen LogP contribution is -2.10. The van der Waals surface area contributed by atoms with Crippen molar-refractivity contribution < 1.29 is 4.74 Å². The lowest BCUT2D eigenvalue weighted by Gasteiger charge is -2.12. The highest BCUT2D eigenvalue weighted by molar-refractivity contribution is 6.06. The fourth-order valence-electron chi connectivity index (χ4n) is 2.59. The SMILES string of the molecule is c1ccc(C2=N[C@@H]3O[C@H]2c2ccccc23)cc1. The lowest BCUT2D eigenvalue weighted by atomic mass is 9.95. The second-order valence-electron chi connectivity index (χ2n) is 4.38. The largest absolute Gasteiger partial charge is 0.338 e. The van der Waals surface area contributed by atoms with E-state index >= 15 is 0 Å². The van der Waals surface area contributed by atoms with Gasteiger partial charge in [-0.1, -0.05) is 54.6 Å². The molecule has 2 bridgehead atoms. The molecule has 4 rings (SSSR count). The maximum absolute atomic E-state index is 5.91. The molecule has 0 spiro atoms. The van der Waals surface area contributed by atoms with Gasteiger partial charge in [-0.05, 0) is 11.1 Å². The van der Waals surface area contributed by atoms with E-state index in [1.165, 1.54) is 11.1 Å².